The molecule has 2 aliphatic carbocycles. The van der Waals surface area contributed by atoms with Crippen LogP contribution in [0.3, 0.4) is 0 Å². The van der Waals surface area contributed by atoms with Gasteiger partial charge in [0.1, 0.15) is 0 Å². The smallest absolute Gasteiger partial charge is 0.308 e. The Kier molecular flexibility index (Phi) is 2.02. The molecule has 2 aliphatic rings. The molecule has 2 bridgehead atoms. The standard InChI is InChI=1S/C9H12O3S/c1-13(12)8-6-3-2-5(4-6)7(8)9(10)11/h2-3,5-8H,4H2,1H3,(H,10,11). The predicted molar refractivity (Wildman–Crippen MR) is 49.7 cm³/mol. The van der Waals surface area contributed by atoms with Crippen LogP contribution in [0.2, 0.25) is 0 Å². The number of carbonyl (C=O) groups is 1. The number of hydrogen-bond acceptors (Lipinski definition) is 2. The van der Waals surface area contributed by atoms with E-state index < -0.39 is 22.7 Å². The molecule has 0 saturated heterocycles. The van der Waals surface area contributed by atoms with Crippen molar-refractivity contribution in [3.63, 3.8) is 0 Å². The van der Waals surface area contributed by atoms with Gasteiger partial charge in [0.05, 0.1) is 11.2 Å². The minimum absolute atomic E-state index is 0.122. The van der Waals surface area contributed by atoms with Crippen LogP contribution >= 0.6 is 0 Å². The van der Waals surface area contributed by atoms with Crippen LogP contribution < -0.4 is 0 Å². The van der Waals surface area contributed by atoms with E-state index in [1.54, 1.807) is 6.26 Å². The Labute approximate surface area is 79.3 Å². The molecule has 0 radical (unpaired) electrons. The van der Waals surface area contributed by atoms with E-state index in [0.717, 1.165) is 6.42 Å². The van der Waals surface area contributed by atoms with Crippen LogP contribution in [-0.2, 0) is 15.6 Å². The lowest BCUT2D eigenvalue weighted by Gasteiger charge is -2.22. The molecule has 2 rings (SSSR count). The Hall–Kier alpha value is -0.640. The largest absolute Gasteiger partial charge is 0.481 e. The third kappa shape index (κ3) is 1.24. The number of allylic oxidation sites excluding steroid dienone is 2. The first-order chi connectivity index (χ1) is 6.11. The zero-order chi connectivity index (χ0) is 9.59. The number of hydrogen-bond donors (Lipinski definition) is 1. The average Bonchev–Trinajstić information content (AvgIpc) is 2.60. The Bertz CT molecular complexity index is 269. The molecule has 0 aliphatic heterocycles. The first-order valence-electron chi connectivity index (χ1n) is 4.34. The summed E-state index contributed by atoms with van der Waals surface area (Å²) in [5.41, 5.74) is 0. The molecule has 4 heteroatoms. The van der Waals surface area contributed by atoms with E-state index >= 15 is 0 Å². The van der Waals surface area contributed by atoms with Crippen molar-refractivity contribution in [2.75, 3.05) is 6.26 Å². The summed E-state index contributed by atoms with van der Waals surface area (Å²) in [4.78, 5) is 10.9. The molecule has 0 aromatic heterocycles. The number of carboxylic acids is 1. The summed E-state index contributed by atoms with van der Waals surface area (Å²) < 4.78 is 11.4. The van der Waals surface area contributed by atoms with Crippen molar-refractivity contribution in [3.05, 3.63) is 12.2 Å². The molecule has 1 saturated carbocycles. The molecule has 1 N–H and O–H groups in total. The quantitative estimate of drug-likeness (QED) is 0.665. The molecule has 13 heavy (non-hydrogen) atoms. The van der Waals surface area contributed by atoms with Crippen LogP contribution in [0, 0.1) is 17.8 Å². The van der Waals surface area contributed by atoms with Crippen molar-refractivity contribution in [2.24, 2.45) is 17.8 Å². The zero-order valence-corrected chi connectivity index (χ0v) is 8.16. The molecular formula is C9H12O3S. The lowest BCUT2D eigenvalue weighted by Crippen LogP contribution is -2.34. The normalized spacial score (nSPS) is 43.8. The highest BCUT2D eigenvalue weighted by atomic mass is 32.2. The maximum atomic E-state index is 11.4. The van der Waals surface area contributed by atoms with Crippen LogP contribution in [0.5, 0.6) is 0 Å². The van der Waals surface area contributed by atoms with Gasteiger partial charge in [-0.05, 0) is 18.3 Å². The summed E-state index contributed by atoms with van der Waals surface area (Å²) in [5.74, 6) is -0.855. The van der Waals surface area contributed by atoms with Crippen LogP contribution in [-0.4, -0.2) is 26.8 Å². The Morgan fingerprint density at radius 3 is 2.54 bits per heavy atom. The van der Waals surface area contributed by atoms with E-state index in [1.165, 1.54) is 0 Å². The molecule has 0 spiro atoms. The maximum Gasteiger partial charge on any atom is 0.308 e. The van der Waals surface area contributed by atoms with Gasteiger partial charge in [-0.1, -0.05) is 12.2 Å². The van der Waals surface area contributed by atoms with Gasteiger partial charge in [0.25, 0.3) is 0 Å². The summed E-state index contributed by atoms with van der Waals surface area (Å²) >= 11 is 0. The monoisotopic (exact) mass is 200 g/mol. The average molecular weight is 200 g/mol. The van der Waals surface area contributed by atoms with Crippen molar-refractivity contribution >= 4 is 16.8 Å². The highest BCUT2D eigenvalue weighted by Gasteiger charge is 2.50. The van der Waals surface area contributed by atoms with Crippen molar-refractivity contribution in [1.82, 2.24) is 0 Å². The summed E-state index contributed by atoms with van der Waals surface area (Å²) in [7, 11) is -1.02. The SMILES string of the molecule is CS(=O)C1C2C=CC(C2)C1C(=O)O. The van der Waals surface area contributed by atoms with Gasteiger partial charge in [0.15, 0.2) is 0 Å². The third-order valence-corrected chi connectivity index (χ3v) is 4.46. The van der Waals surface area contributed by atoms with Gasteiger partial charge in [-0.3, -0.25) is 9.00 Å². The molecule has 0 aromatic rings. The summed E-state index contributed by atoms with van der Waals surface area (Å²) in [6, 6.07) is 0. The van der Waals surface area contributed by atoms with Crippen LogP contribution in [0.4, 0.5) is 0 Å². The van der Waals surface area contributed by atoms with Crippen LogP contribution in [0.25, 0.3) is 0 Å². The molecule has 3 nitrogen and oxygen atoms in total. The first-order valence-corrected chi connectivity index (χ1v) is 5.96. The van der Waals surface area contributed by atoms with Gasteiger partial charge < -0.3 is 5.11 Å². The Morgan fingerprint density at radius 1 is 1.46 bits per heavy atom. The van der Waals surface area contributed by atoms with E-state index in [9.17, 15) is 9.00 Å². The molecule has 5 atom stereocenters. The maximum absolute atomic E-state index is 11.4. The van der Waals surface area contributed by atoms with Gasteiger partial charge in [-0.2, -0.15) is 0 Å². The fourth-order valence-electron chi connectivity index (χ4n) is 2.55. The van der Waals surface area contributed by atoms with Gasteiger partial charge in [0, 0.05) is 17.1 Å². The molecule has 72 valence electrons. The fraction of sp³-hybridized carbons (Fsp3) is 0.667. The Balaban J connectivity index is 2.30. The minimum atomic E-state index is -1.02. The van der Waals surface area contributed by atoms with Crippen molar-refractivity contribution in [1.29, 1.82) is 0 Å². The number of aliphatic carboxylic acids is 1. The Morgan fingerprint density at radius 2 is 2.08 bits per heavy atom. The molecule has 0 heterocycles. The van der Waals surface area contributed by atoms with Crippen LogP contribution in [0.1, 0.15) is 6.42 Å². The topological polar surface area (TPSA) is 54.4 Å². The second-order valence-corrected chi connectivity index (χ2v) is 5.32. The van der Waals surface area contributed by atoms with E-state index in [2.05, 4.69) is 0 Å². The predicted octanol–water partition coefficient (Wildman–Crippen LogP) is 0.640. The van der Waals surface area contributed by atoms with E-state index in [4.69, 9.17) is 5.11 Å². The second kappa shape index (κ2) is 2.94. The van der Waals surface area contributed by atoms with Gasteiger partial charge in [0.2, 0.25) is 0 Å². The third-order valence-electron chi connectivity index (χ3n) is 3.06. The lowest BCUT2D eigenvalue weighted by molar-refractivity contribution is -0.142. The molecular weight excluding hydrogens is 188 g/mol. The van der Waals surface area contributed by atoms with E-state index in [0.29, 0.717) is 0 Å². The molecule has 5 unspecified atom stereocenters. The second-order valence-electron chi connectivity index (χ2n) is 3.78. The van der Waals surface area contributed by atoms with Gasteiger partial charge in [-0.15, -0.1) is 0 Å². The highest BCUT2D eigenvalue weighted by Crippen LogP contribution is 2.45. The lowest BCUT2D eigenvalue weighted by atomic mass is 9.93. The van der Waals surface area contributed by atoms with Crippen molar-refractivity contribution < 1.29 is 14.1 Å². The zero-order valence-electron chi connectivity index (χ0n) is 7.34. The van der Waals surface area contributed by atoms with Crippen molar-refractivity contribution in [2.45, 2.75) is 11.7 Å². The highest BCUT2D eigenvalue weighted by molar-refractivity contribution is 7.85. The summed E-state index contributed by atoms with van der Waals surface area (Å²) in [6.45, 7) is 0. The number of fused-ring (bicyclic) bond motifs is 2. The van der Waals surface area contributed by atoms with Gasteiger partial charge in [-0.25, -0.2) is 0 Å². The molecule has 0 aromatic carbocycles. The number of rotatable bonds is 2. The minimum Gasteiger partial charge on any atom is -0.481 e. The van der Waals surface area contributed by atoms with E-state index in [1.807, 2.05) is 12.2 Å². The van der Waals surface area contributed by atoms with E-state index in [-0.39, 0.29) is 17.1 Å². The van der Waals surface area contributed by atoms with Gasteiger partial charge >= 0.3 is 5.97 Å². The molecule has 0 amide bonds. The first kappa shape index (κ1) is 8.94. The fourth-order valence-corrected chi connectivity index (χ4v) is 3.98. The summed E-state index contributed by atoms with van der Waals surface area (Å²) in [5, 5.41) is 8.83. The molecule has 1 fully saturated rings. The van der Waals surface area contributed by atoms with Crippen molar-refractivity contribution in [3.8, 4) is 0 Å². The number of carboxylic acid groups (broad SMARTS) is 1. The summed E-state index contributed by atoms with van der Waals surface area (Å²) in [6.07, 6.45) is 6.47. The van der Waals surface area contributed by atoms with Crippen LogP contribution in [0.15, 0.2) is 12.2 Å².